The molecule has 0 saturated carbocycles. The summed E-state index contributed by atoms with van der Waals surface area (Å²) in [6.07, 6.45) is 0. The van der Waals surface area contributed by atoms with Gasteiger partial charge in [-0.2, -0.15) is 4.68 Å². The van der Waals surface area contributed by atoms with E-state index in [2.05, 4.69) is 26.2 Å². The highest BCUT2D eigenvalue weighted by molar-refractivity contribution is 8.00. The van der Waals surface area contributed by atoms with Crippen LogP contribution in [0.15, 0.2) is 42.5 Å². The Kier molecular flexibility index (Phi) is 6.55. The Morgan fingerprint density at radius 3 is 2.34 bits per heavy atom. The molecule has 0 aliphatic rings. The SMILES string of the molecule is Cc1cccc(NC(=O)CSCC(=O)Nc2ccc(F)c(-n3nnnc3C)c2)c1. The lowest BCUT2D eigenvalue weighted by Crippen LogP contribution is -2.18. The van der Waals surface area contributed by atoms with Gasteiger partial charge in [-0.05, 0) is 60.2 Å². The number of carbonyl (C=O) groups excluding carboxylic acids is 2. The first-order valence-corrected chi connectivity index (χ1v) is 9.87. The van der Waals surface area contributed by atoms with Crippen LogP contribution in [0, 0.1) is 19.7 Å². The molecule has 1 heterocycles. The van der Waals surface area contributed by atoms with Gasteiger partial charge in [0, 0.05) is 11.4 Å². The largest absolute Gasteiger partial charge is 0.325 e. The van der Waals surface area contributed by atoms with Crippen LogP contribution in [-0.2, 0) is 9.59 Å². The fourth-order valence-corrected chi connectivity index (χ4v) is 3.18. The van der Waals surface area contributed by atoms with Crippen molar-refractivity contribution in [3.05, 3.63) is 59.7 Å². The minimum Gasteiger partial charge on any atom is -0.325 e. The van der Waals surface area contributed by atoms with Crippen LogP contribution in [0.1, 0.15) is 11.4 Å². The maximum Gasteiger partial charge on any atom is 0.234 e. The van der Waals surface area contributed by atoms with Gasteiger partial charge in [0.15, 0.2) is 5.82 Å². The minimum atomic E-state index is -0.513. The second kappa shape index (κ2) is 9.28. The molecule has 0 aliphatic heterocycles. The average Bonchev–Trinajstić information content (AvgIpc) is 3.09. The van der Waals surface area contributed by atoms with E-state index in [-0.39, 0.29) is 29.0 Å². The predicted molar refractivity (Wildman–Crippen MR) is 110 cm³/mol. The van der Waals surface area contributed by atoms with E-state index < -0.39 is 5.82 Å². The average molecular weight is 414 g/mol. The number of hydrogen-bond donors (Lipinski definition) is 2. The Labute approximate surface area is 170 Å². The maximum absolute atomic E-state index is 14.1. The number of nitrogens with one attached hydrogen (secondary N) is 2. The fraction of sp³-hybridized carbons (Fsp3) is 0.211. The smallest absolute Gasteiger partial charge is 0.234 e. The second-order valence-electron chi connectivity index (χ2n) is 6.26. The van der Waals surface area contributed by atoms with E-state index in [4.69, 9.17) is 0 Å². The van der Waals surface area contributed by atoms with Crippen molar-refractivity contribution in [2.45, 2.75) is 13.8 Å². The van der Waals surface area contributed by atoms with Gasteiger partial charge in [-0.15, -0.1) is 16.9 Å². The molecule has 0 spiro atoms. The van der Waals surface area contributed by atoms with Gasteiger partial charge in [0.2, 0.25) is 11.8 Å². The summed E-state index contributed by atoms with van der Waals surface area (Å²) >= 11 is 1.18. The number of aryl methyl sites for hydroxylation is 2. The molecule has 2 amide bonds. The summed E-state index contributed by atoms with van der Waals surface area (Å²) in [6, 6.07) is 11.6. The van der Waals surface area contributed by atoms with E-state index in [9.17, 15) is 14.0 Å². The molecule has 0 radical (unpaired) electrons. The lowest BCUT2D eigenvalue weighted by Gasteiger charge is -2.09. The number of halogens is 1. The first-order chi connectivity index (χ1) is 13.9. The molecule has 10 heteroatoms. The zero-order valence-corrected chi connectivity index (χ0v) is 16.7. The van der Waals surface area contributed by atoms with Gasteiger partial charge in [0.1, 0.15) is 11.5 Å². The molecule has 0 aliphatic carbocycles. The predicted octanol–water partition coefficient (Wildman–Crippen LogP) is 2.73. The lowest BCUT2D eigenvalue weighted by atomic mass is 10.2. The van der Waals surface area contributed by atoms with Gasteiger partial charge in [-0.1, -0.05) is 12.1 Å². The van der Waals surface area contributed by atoms with Gasteiger partial charge in [-0.3, -0.25) is 9.59 Å². The molecule has 0 atom stereocenters. The summed E-state index contributed by atoms with van der Waals surface area (Å²) in [5.41, 5.74) is 2.31. The van der Waals surface area contributed by atoms with Crippen LogP contribution < -0.4 is 10.6 Å². The van der Waals surface area contributed by atoms with Crippen LogP contribution in [-0.4, -0.2) is 43.5 Å². The molecular formula is C19H19FN6O2S. The molecule has 150 valence electrons. The number of carbonyl (C=O) groups is 2. The second-order valence-corrected chi connectivity index (χ2v) is 7.25. The van der Waals surface area contributed by atoms with E-state index in [0.717, 1.165) is 11.3 Å². The number of thioether (sulfide) groups is 1. The van der Waals surface area contributed by atoms with Crippen molar-refractivity contribution in [2.24, 2.45) is 0 Å². The van der Waals surface area contributed by atoms with Crippen molar-refractivity contribution in [3.8, 4) is 5.69 Å². The molecule has 3 rings (SSSR count). The summed E-state index contributed by atoms with van der Waals surface area (Å²) in [5, 5.41) is 16.4. The maximum atomic E-state index is 14.1. The molecule has 29 heavy (non-hydrogen) atoms. The fourth-order valence-electron chi connectivity index (χ4n) is 2.56. The van der Waals surface area contributed by atoms with Gasteiger partial charge < -0.3 is 10.6 Å². The number of tetrazole rings is 1. The van der Waals surface area contributed by atoms with Crippen LogP contribution in [0.25, 0.3) is 5.69 Å². The highest BCUT2D eigenvalue weighted by atomic mass is 32.2. The van der Waals surface area contributed by atoms with Crippen LogP contribution in [0.3, 0.4) is 0 Å². The standard InChI is InChI=1S/C19H19FN6O2S/c1-12-4-3-5-14(8-12)21-18(27)10-29-11-19(28)22-15-6-7-16(20)17(9-15)26-13(2)23-24-25-26/h3-9H,10-11H2,1-2H3,(H,21,27)(H,22,28). The third kappa shape index (κ3) is 5.61. The minimum absolute atomic E-state index is 0.0812. The van der Waals surface area contributed by atoms with E-state index in [1.165, 1.54) is 34.6 Å². The van der Waals surface area contributed by atoms with Crippen molar-refractivity contribution in [1.82, 2.24) is 20.2 Å². The molecule has 0 saturated heterocycles. The van der Waals surface area contributed by atoms with Gasteiger partial charge in [-0.25, -0.2) is 4.39 Å². The third-order valence-electron chi connectivity index (χ3n) is 3.85. The van der Waals surface area contributed by atoms with Gasteiger partial charge in [0.05, 0.1) is 11.5 Å². The van der Waals surface area contributed by atoms with Crippen molar-refractivity contribution in [3.63, 3.8) is 0 Å². The normalized spacial score (nSPS) is 10.6. The summed E-state index contributed by atoms with van der Waals surface area (Å²) in [6.45, 7) is 3.58. The van der Waals surface area contributed by atoms with Crippen molar-refractivity contribution >= 4 is 35.0 Å². The molecule has 2 aromatic carbocycles. The molecule has 2 N–H and O–H groups in total. The zero-order chi connectivity index (χ0) is 20.8. The Morgan fingerprint density at radius 2 is 1.72 bits per heavy atom. The van der Waals surface area contributed by atoms with E-state index in [0.29, 0.717) is 11.5 Å². The van der Waals surface area contributed by atoms with Crippen LogP contribution in [0.5, 0.6) is 0 Å². The summed E-state index contributed by atoms with van der Waals surface area (Å²) in [7, 11) is 0. The van der Waals surface area contributed by atoms with Crippen LogP contribution >= 0.6 is 11.8 Å². The molecule has 3 aromatic rings. The van der Waals surface area contributed by atoms with Crippen LogP contribution in [0.4, 0.5) is 15.8 Å². The first kappa shape index (κ1) is 20.5. The molecule has 0 bridgehead atoms. The topological polar surface area (TPSA) is 102 Å². The third-order valence-corrected chi connectivity index (χ3v) is 4.78. The lowest BCUT2D eigenvalue weighted by molar-refractivity contribution is -0.114. The van der Waals surface area contributed by atoms with Crippen molar-refractivity contribution in [2.75, 3.05) is 22.1 Å². The molecule has 1 aromatic heterocycles. The van der Waals surface area contributed by atoms with E-state index in [1.807, 2.05) is 25.1 Å². The van der Waals surface area contributed by atoms with Gasteiger partial charge in [0.25, 0.3) is 0 Å². The molecule has 8 nitrogen and oxygen atoms in total. The Balaban J connectivity index is 1.51. The number of rotatable bonds is 7. The van der Waals surface area contributed by atoms with Gasteiger partial charge >= 0.3 is 0 Å². The Hall–Kier alpha value is -3.27. The number of benzene rings is 2. The number of anilines is 2. The summed E-state index contributed by atoms with van der Waals surface area (Å²) in [5.74, 6) is -0.364. The highest BCUT2D eigenvalue weighted by Crippen LogP contribution is 2.19. The first-order valence-electron chi connectivity index (χ1n) is 8.71. The highest BCUT2D eigenvalue weighted by Gasteiger charge is 2.12. The molecular weight excluding hydrogens is 395 g/mol. The van der Waals surface area contributed by atoms with Crippen LogP contribution in [0.2, 0.25) is 0 Å². The molecule has 0 fully saturated rings. The van der Waals surface area contributed by atoms with Crippen molar-refractivity contribution in [1.29, 1.82) is 0 Å². The Bertz CT molecular complexity index is 1040. The van der Waals surface area contributed by atoms with E-state index >= 15 is 0 Å². The number of amides is 2. The molecule has 0 unspecified atom stereocenters. The number of nitrogens with zero attached hydrogens (tertiary/aromatic N) is 4. The zero-order valence-electron chi connectivity index (χ0n) is 15.8. The number of aromatic nitrogens is 4. The summed E-state index contributed by atoms with van der Waals surface area (Å²) in [4.78, 5) is 24.1. The number of hydrogen-bond acceptors (Lipinski definition) is 6. The monoisotopic (exact) mass is 414 g/mol. The van der Waals surface area contributed by atoms with Crippen molar-refractivity contribution < 1.29 is 14.0 Å². The Morgan fingerprint density at radius 1 is 1.03 bits per heavy atom. The summed E-state index contributed by atoms with van der Waals surface area (Å²) < 4.78 is 15.3. The quantitative estimate of drug-likeness (QED) is 0.616. The van der Waals surface area contributed by atoms with E-state index in [1.54, 1.807) is 13.0 Å².